The first-order chi connectivity index (χ1) is 16.3. The number of benzene rings is 1. The van der Waals surface area contributed by atoms with Crippen molar-refractivity contribution in [3.8, 4) is 34.8 Å². The smallest absolute Gasteiger partial charge is 0.194 e. The van der Waals surface area contributed by atoms with Crippen molar-refractivity contribution in [2.45, 2.75) is 11.6 Å². The molecule has 0 aliphatic heterocycles. The molecule has 5 aromatic rings. The molecule has 3 N–H and O–H groups in total. The van der Waals surface area contributed by atoms with Crippen LogP contribution in [0.1, 0.15) is 5.56 Å². The van der Waals surface area contributed by atoms with E-state index in [2.05, 4.69) is 19.9 Å². The van der Waals surface area contributed by atoms with E-state index in [9.17, 15) is 18.6 Å². The van der Waals surface area contributed by atoms with Gasteiger partial charge in [0.05, 0.1) is 23.8 Å². The first kappa shape index (κ1) is 21.5. The van der Waals surface area contributed by atoms with E-state index < -0.39 is 9.84 Å². The van der Waals surface area contributed by atoms with Gasteiger partial charge in [-0.05, 0) is 30.3 Å². The molecule has 0 aliphatic rings. The van der Waals surface area contributed by atoms with Gasteiger partial charge < -0.3 is 19.9 Å². The van der Waals surface area contributed by atoms with Gasteiger partial charge in [-0.25, -0.2) is 18.4 Å². The molecule has 0 bridgehead atoms. The van der Waals surface area contributed by atoms with E-state index in [-0.39, 0.29) is 23.3 Å². The van der Waals surface area contributed by atoms with Crippen LogP contribution < -0.4 is 4.74 Å². The Morgan fingerprint density at radius 3 is 2.47 bits per heavy atom. The minimum atomic E-state index is -3.44. The summed E-state index contributed by atoms with van der Waals surface area (Å²) < 4.78 is 30.7. The molecule has 34 heavy (non-hydrogen) atoms. The van der Waals surface area contributed by atoms with Crippen LogP contribution in [0.2, 0.25) is 0 Å². The first-order valence-electron chi connectivity index (χ1n) is 10.1. The zero-order valence-corrected chi connectivity index (χ0v) is 18.7. The maximum atomic E-state index is 11.7. The second-order valence-electron chi connectivity index (χ2n) is 7.62. The summed E-state index contributed by atoms with van der Waals surface area (Å²) in [6.07, 6.45) is 4.07. The molecule has 4 aromatic heterocycles. The number of aromatic hydroxyl groups is 2. The fourth-order valence-electron chi connectivity index (χ4n) is 3.48. The van der Waals surface area contributed by atoms with Gasteiger partial charge in [-0.15, -0.1) is 0 Å². The Balaban J connectivity index is 1.58. The largest absolute Gasteiger partial charge is 0.494 e. The van der Waals surface area contributed by atoms with Crippen molar-refractivity contribution in [1.82, 2.24) is 24.5 Å². The van der Waals surface area contributed by atoms with E-state index in [1.807, 2.05) is 18.2 Å². The average molecular weight is 478 g/mol. The van der Waals surface area contributed by atoms with Gasteiger partial charge in [0, 0.05) is 36.2 Å². The lowest BCUT2D eigenvalue weighted by Crippen LogP contribution is -2.02. The van der Waals surface area contributed by atoms with Crippen LogP contribution in [0.25, 0.3) is 22.6 Å². The fourth-order valence-corrected chi connectivity index (χ4v) is 4.04. The number of nitrogens with zero attached hydrogens (tertiary/aromatic N) is 4. The maximum absolute atomic E-state index is 11.7. The zero-order chi connectivity index (χ0) is 23.9. The number of sulfone groups is 1. The van der Waals surface area contributed by atoms with Gasteiger partial charge in [-0.2, -0.15) is 0 Å². The molecule has 0 radical (unpaired) electrons. The molecule has 0 aliphatic carbocycles. The Bertz CT molecular complexity index is 1570. The number of imidazole rings is 1. The van der Waals surface area contributed by atoms with Crippen molar-refractivity contribution in [3.63, 3.8) is 0 Å². The summed E-state index contributed by atoms with van der Waals surface area (Å²) in [6, 6.07) is 14.7. The van der Waals surface area contributed by atoms with Gasteiger partial charge in [0.15, 0.2) is 32.4 Å². The number of aromatic amines is 1. The number of H-pyrrole nitrogens is 1. The lowest BCUT2D eigenvalue weighted by atomic mass is 10.1. The summed E-state index contributed by atoms with van der Waals surface area (Å²) in [6.45, 7) is 0.0999. The Morgan fingerprint density at radius 1 is 1.03 bits per heavy atom. The second-order valence-corrected chi connectivity index (χ2v) is 9.58. The van der Waals surface area contributed by atoms with Gasteiger partial charge in [0.2, 0.25) is 0 Å². The Kier molecular flexibility index (Phi) is 5.17. The molecule has 0 saturated heterocycles. The van der Waals surface area contributed by atoms with E-state index in [0.717, 1.165) is 6.26 Å². The second kappa shape index (κ2) is 8.19. The van der Waals surface area contributed by atoms with Crippen LogP contribution in [0.15, 0.2) is 72.0 Å². The minimum Gasteiger partial charge on any atom is -0.494 e. The highest BCUT2D eigenvalue weighted by Crippen LogP contribution is 2.33. The molecule has 4 heterocycles. The fraction of sp³-hybridized carbons (Fsp3) is 0.0870. The molecular formula is C23H19N5O5S. The molecule has 11 heteroatoms. The van der Waals surface area contributed by atoms with E-state index >= 15 is 0 Å². The third-order valence-electron chi connectivity index (χ3n) is 5.15. The number of aromatic nitrogens is 5. The molecule has 0 amide bonds. The highest BCUT2D eigenvalue weighted by atomic mass is 32.2. The van der Waals surface area contributed by atoms with E-state index in [1.165, 1.54) is 35.0 Å². The third kappa shape index (κ3) is 4.16. The topological polar surface area (TPSA) is 143 Å². The normalized spacial score (nSPS) is 11.7. The van der Waals surface area contributed by atoms with Crippen molar-refractivity contribution >= 4 is 20.9 Å². The van der Waals surface area contributed by atoms with Gasteiger partial charge in [0.1, 0.15) is 17.2 Å². The Hall–Kier alpha value is -4.38. The van der Waals surface area contributed by atoms with Crippen LogP contribution in [-0.4, -0.2) is 49.4 Å². The molecule has 0 unspecified atom stereocenters. The van der Waals surface area contributed by atoms with Crippen molar-refractivity contribution in [1.29, 1.82) is 0 Å². The first-order valence-corrected chi connectivity index (χ1v) is 12.0. The lowest BCUT2D eigenvalue weighted by molar-refractivity contribution is 0.375. The van der Waals surface area contributed by atoms with Crippen LogP contribution in [0, 0.1) is 0 Å². The third-order valence-corrected chi connectivity index (χ3v) is 6.15. The highest BCUT2D eigenvalue weighted by Gasteiger charge is 2.16. The predicted octanol–water partition coefficient (Wildman–Crippen LogP) is 3.48. The number of rotatable bonds is 6. The Labute approximate surface area is 194 Å². The molecule has 1 aromatic carbocycles. The number of pyridine rings is 2. The van der Waals surface area contributed by atoms with Gasteiger partial charge >= 0.3 is 0 Å². The molecule has 0 fully saturated rings. The number of fused-ring (bicyclic) bond motifs is 1. The van der Waals surface area contributed by atoms with Crippen molar-refractivity contribution < 1.29 is 23.4 Å². The summed E-state index contributed by atoms with van der Waals surface area (Å²) in [5.74, 6) is 1.06. The summed E-state index contributed by atoms with van der Waals surface area (Å²) in [4.78, 5) is 16.1. The van der Waals surface area contributed by atoms with Crippen LogP contribution >= 0.6 is 0 Å². The summed E-state index contributed by atoms with van der Waals surface area (Å²) >= 11 is 0. The number of ether oxygens (including phenoxy) is 1. The van der Waals surface area contributed by atoms with E-state index in [0.29, 0.717) is 39.6 Å². The van der Waals surface area contributed by atoms with Crippen LogP contribution in [-0.2, 0) is 16.4 Å². The van der Waals surface area contributed by atoms with Crippen LogP contribution in [0.3, 0.4) is 0 Å². The molecule has 172 valence electrons. The standard InChI is InChI=1S/C23H19N5O5S/c1-34(31,32)20-6-5-15(12-25-20)33-19-11-18-17(26-23(27-18)16-4-2-3-9-24-16)10-14(19)13-28-21(29)7-8-22(28)30/h2-12,29-30H,13H2,1H3,(H,26,27). The molecule has 0 spiro atoms. The van der Waals surface area contributed by atoms with E-state index in [1.54, 1.807) is 18.3 Å². The molecular weight excluding hydrogens is 458 g/mol. The minimum absolute atomic E-state index is 0.0648. The van der Waals surface area contributed by atoms with Crippen molar-refractivity contribution in [2.75, 3.05) is 6.26 Å². The SMILES string of the molecule is CS(=O)(=O)c1ccc(Oc2cc3nc(-c4ccccn4)[nH]c3cc2Cn2c(O)ccc2O)cn1. The monoisotopic (exact) mass is 477 g/mol. The molecule has 10 nitrogen and oxygen atoms in total. The Morgan fingerprint density at radius 2 is 1.82 bits per heavy atom. The molecule has 0 saturated carbocycles. The summed E-state index contributed by atoms with van der Waals surface area (Å²) in [5.41, 5.74) is 2.61. The van der Waals surface area contributed by atoms with Crippen molar-refractivity contribution in [2.24, 2.45) is 0 Å². The van der Waals surface area contributed by atoms with Gasteiger partial charge in [-0.3, -0.25) is 9.55 Å². The quantitative estimate of drug-likeness (QED) is 0.337. The average Bonchev–Trinajstić information content (AvgIpc) is 3.37. The summed E-state index contributed by atoms with van der Waals surface area (Å²) in [5, 5.41) is 20.2. The summed E-state index contributed by atoms with van der Waals surface area (Å²) in [7, 11) is -3.44. The van der Waals surface area contributed by atoms with Crippen LogP contribution in [0.5, 0.6) is 23.3 Å². The zero-order valence-electron chi connectivity index (χ0n) is 17.9. The highest BCUT2D eigenvalue weighted by molar-refractivity contribution is 7.90. The maximum Gasteiger partial charge on any atom is 0.194 e. The van der Waals surface area contributed by atoms with Gasteiger partial charge in [-0.1, -0.05) is 6.07 Å². The number of nitrogens with one attached hydrogen (secondary N) is 1. The van der Waals surface area contributed by atoms with Gasteiger partial charge in [0.25, 0.3) is 0 Å². The number of hydrogen-bond donors (Lipinski definition) is 3. The number of hydrogen-bond acceptors (Lipinski definition) is 8. The molecule has 0 atom stereocenters. The lowest BCUT2D eigenvalue weighted by Gasteiger charge is -2.13. The van der Waals surface area contributed by atoms with Crippen LogP contribution in [0.4, 0.5) is 0 Å². The molecule has 5 rings (SSSR count). The van der Waals surface area contributed by atoms with Crippen molar-refractivity contribution in [3.05, 3.63) is 72.6 Å². The predicted molar refractivity (Wildman–Crippen MR) is 124 cm³/mol. The van der Waals surface area contributed by atoms with E-state index in [4.69, 9.17) is 4.74 Å².